The molecule has 6 nitrogen and oxygen atoms in total. The van der Waals surface area contributed by atoms with Crippen LogP contribution in [0.4, 0.5) is 5.69 Å². The van der Waals surface area contributed by atoms with Crippen LogP contribution in [-0.2, 0) is 19.9 Å². The van der Waals surface area contributed by atoms with Crippen LogP contribution < -0.4 is 4.31 Å². The lowest BCUT2D eigenvalue weighted by Gasteiger charge is -2.33. The predicted octanol–water partition coefficient (Wildman–Crippen LogP) is 6.16. The maximum atomic E-state index is 13.7. The number of hydrogen-bond donors (Lipinski definition) is 0. The summed E-state index contributed by atoms with van der Waals surface area (Å²) < 4.78 is 52.1. The van der Waals surface area contributed by atoms with Crippen molar-refractivity contribution in [3.63, 3.8) is 0 Å². The van der Waals surface area contributed by atoms with Gasteiger partial charge < -0.3 is 4.90 Å². The molecule has 2 aromatic rings. The van der Waals surface area contributed by atoms with Gasteiger partial charge in [-0.3, -0.25) is 4.31 Å². The van der Waals surface area contributed by atoms with E-state index in [1.54, 1.807) is 30.3 Å². The minimum Gasteiger partial charge on any atom is -0.303 e. The number of unbranched alkanes of at least 4 members (excludes halogenated alkanes) is 1. The third kappa shape index (κ3) is 8.23. The molecular formula is C25H33Cl3N2O4S2. The molecule has 1 unspecified atom stereocenters. The third-order valence-corrected chi connectivity index (χ3v) is 10.2. The lowest BCUT2D eigenvalue weighted by molar-refractivity contribution is 0.181. The van der Waals surface area contributed by atoms with Crippen LogP contribution in [0.25, 0.3) is 0 Å². The summed E-state index contributed by atoms with van der Waals surface area (Å²) in [5.41, 5.74) is 0.339. The van der Waals surface area contributed by atoms with Crippen molar-refractivity contribution in [1.82, 2.24) is 4.90 Å². The van der Waals surface area contributed by atoms with Crippen LogP contribution in [-0.4, -0.2) is 59.4 Å². The summed E-state index contributed by atoms with van der Waals surface area (Å²) in [5, 5.41) is 1.14. The Labute approximate surface area is 230 Å². The maximum absolute atomic E-state index is 13.7. The number of rotatable bonds is 11. The smallest absolute Gasteiger partial charge is 0.264 e. The predicted molar refractivity (Wildman–Crippen MR) is 150 cm³/mol. The first-order valence-electron chi connectivity index (χ1n) is 12.0. The molecule has 1 saturated heterocycles. The topological polar surface area (TPSA) is 74.8 Å². The van der Waals surface area contributed by atoms with E-state index in [0.717, 1.165) is 45.3 Å². The van der Waals surface area contributed by atoms with E-state index in [-0.39, 0.29) is 22.6 Å². The summed E-state index contributed by atoms with van der Waals surface area (Å²) in [6.45, 7) is 4.48. The van der Waals surface area contributed by atoms with Crippen molar-refractivity contribution in [2.24, 2.45) is 5.92 Å². The zero-order chi connectivity index (χ0) is 26.5. The van der Waals surface area contributed by atoms with Gasteiger partial charge in [0.15, 0.2) is 0 Å². The highest BCUT2D eigenvalue weighted by atomic mass is 35.5. The molecule has 0 N–H and O–H groups in total. The van der Waals surface area contributed by atoms with Crippen LogP contribution >= 0.6 is 34.8 Å². The molecule has 2 aromatic carbocycles. The fourth-order valence-electron chi connectivity index (χ4n) is 4.79. The van der Waals surface area contributed by atoms with Crippen molar-refractivity contribution in [2.45, 2.75) is 50.0 Å². The Morgan fingerprint density at radius 3 is 2.33 bits per heavy atom. The van der Waals surface area contributed by atoms with Gasteiger partial charge in [0, 0.05) is 28.9 Å². The molecule has 200 valence electrons. The standard InChI is InChI=1S/C25H33Cl3N2O4S2/c1-19(6-3-4-14-29-15-5-7-20(17-29)18-35(2,31)32)30(25-16-22(27)10-13-24(25)28)36(33,34)23-11-8-21(26)9-12-23/h8-13,16,19-20H,3-7,14-15,17-18H2,1-2H3/t19-,20?/m1/s1. The van der Waals surface area contributed by atoms with Gasteiger partial charge in [0.1, 0.15) is 9.84 Å². The summed E-state index contributed by atoms with van der Waals surface area (Å²) in [7, 11) is -6.91. The highest BCUT2D eigenvalue weighted by Crippen LogP contribution is 2.35. The molecule has 1 aliphatic heterocycles. The average Bonchev–Trinajstić information content (AvgIpc) is 2.78. The molecule has 1 aliphatic rings. The van der Waals surface area contributed by atoms with Crippen molar-refractivity contribution in [1.29, 1.82) is 0 Å². The minimum absolute atomic E-state index is 0.125. The maximum Gasteiger partial charge on any atom is 0.264 e. The fraction of sp³-hybridized carbons (Fsp3) is 0.520. The molecule has 0 amide bonds. The molecule has 0 spiro atoms. The van der Waals surface area contributed by atoms with E-state index in [1.807, 2.05) is 6.92 Å². The van der Waals surface area contributed by atoms with Gasteiger partial charge in [-0.2, -0.15) is 0 Å². The van der Waals surface area contributed by atoms with Crippen LogP contribution in [0.2, 0.25) is 15.1 Å². The molecule has 36 heavy (non-hydrogen) atoms. The quantitative estimate of drug-likeness (QED) is 0.291. The van der Waals surface area contributed by atoms with Crippen molar-refractivity contribution in [3.8, 4) is 0 Å². The number of likely N-dealkylation sites (tertiary alicyclic amines) is 1. The summed E-state index contributed by atoms with van der Waals surface area (Å²) in [6, 6.07) is 10.5. The monoisotopic (exact) mass is 594 g/mol. The second-order valence-corrected chi connectivity index (χ2v) is 14.9. The van der Waals surface area contributed by atoms with Gasteiger partial charge in [0.25, 0.3) is 10.0 Å². The first-order valence-corrected chi connectivity index (χ1v) is 16.7. The number of anilines is 1. The lowest BCUT2D eigenvalue weighted by atomic mass is 9.99. The summed E-state index contributed by atoms with van der Waals surface area (Å²) in [5.74, 6) is 0.413. The van der Waals surface area contributed by atoms with Gasteiger partial charge in [0.05, 0.1) is 21.4 Å². The van der Waals surface area contributed by atoms with Crippen LogP contribution in [0.1, 0.15) is 39.0 Å². The first-order chi connectivity index (χ1) is 16.9. The Hall–Kier alpha value is -1.03. The van der Waals surface area contributed by atoms with Gasteiger partial charge in [-0.25, -0.2) is 16.8 Å². The zero-order valence-electron chi connectivity index (χ0n) is 20.5. The molecule has 11 heteroatoms. The normalized spacial score (nSPS) is 18.2. The Morgan fingerprint density at radius 2 is 1.67 bits per heavy atom. The molecule has 2 atom stereocenters. The van der Waals surface area contributed by atoms with E-state index in [0.29, 0.717) is 27.2 Å². The Morgan fingerprint density at radius 1 is 1.00 bits per heavy atom. The molecule has 3 rings (SSSR count). The largest absolute Gasteiger partial charge is 0.303 e. The zero-order valence-corrected chi connectivity index (χ0v) is 24.4. The molecule has 1 fully saturated rings. The number of nitrogens with zero attached hydrogens (tertiary/aromatic N) is 2. The Balaban J connectivity index is 1.70. The van der Waals surface area contributed by atoms with Gasteiger partial charge in [-0.05, 0) is 94.1 Å². The SMILES string of the molecule is C[C@H](CCCCN1CCCC(CS(C)(=O)=O)C1)N(c1cc(Cl)ccc1Cl)S(=O)(=O)c1ccc(Cl)cc1. The van der Waals surface area contributed by atoms with Crippen LogP contribution in [0, 0.1) is 5.92 Å². The van der Waals surface area contributed by atoms with Gasteiger partial charge >= 0.3 is 0 Å². The second-order valence-electron chi connectivity index (χ2n) is 9.60. The highest BCUT2D eigenvalue weighted by Gasteiger charge is 2.31. The van der Waals surface area contributed by atoms with Gasteiger partial charge in [0.2, 0.25) is 0 Å². The van der Waals surface area contributed by atoms with Crippen LogP contribution in [0.3, 0.4) is 0 Å². The first kappa shape index (κ1) is 29.5. The number of halogens is 3. The Bertz CT molecular complexity index is 1240. The number of hydrogen-bond acceptors (Lipinski definition) is 5. The molecule has 0 bridgehead atoms. The van der Waals surface area contributed by atoms with E-state index < -0.39 is 19.9 Å². The van der Waals surface area contributed by atoms with E-state index in [2.05, 4.69) is 4.90 Å². The molecule has 0 radical (unpaired) electrons. The average molecular weight is 596 g/mol. The summed E-state index contributed by atoms with van der Waals surface area (Å²) in [6.07, 6.45) is 5.54. The number of sulfone groups is 1. The van der Waals surface area contributed by atoms with Crippen molar-refractivity contribution in [3.05, 3.63) is 57.5 Å². The van der Waals surface area contributed by atoms with E-state index in [1.165, 1.54) is 22.7 Å². The number of piperidine rings is 1. The second kappa shape index (κ2) is 12.7. The van der Waals surface area contributed by atoms with Crippen molar-refractivity contribution in [2.75, 3.05) is 35.9 Å². The van der Waals surface area contributed by atoms with E-state index in [4.69, 9.17) is 34.8 Å². The third-order valence-electron chi connectivity index (χ3n) is 6.40. The molecule has 0 aliphatic carbocycles. The van der Waals surface area contributed by atoms with E-state index >= 15 is 0 Å². The summed E-state index contributed by atoms with van der Waals surface area (Å²) in [4.78, 5) is 2.44. The highest BCUT2D eigenvalue weighted by molar-refractivity contribution is 7.93. The van der Waals surface area contributed by atoms with Crippen LogP contribution in [0.5, 0.6) is 0 Å². The van der Waals surface area contributed by atoms with E-state index in [9.17, 15) is 16.8 Å². The Kier molecular flexibility index (Phi) is 10.4. The fourth-order valence-corrected chi connectivity index (χ4v) is 8.17. The molecule has 0 aromatic heterocycles. The molecule has 1 heterocycles. The lowest BCUT2D eigenvalue weighted by Crippen LogP contribution is -2.40. The van der Waals surface area contributed by atoms with Gasteiger partial charge in [-0.15, -0.1) is 0 Å². The number of benzene rings is 2. The van der Waals surface area contributed by atoms with Gasteiger partial charge in [-0.1, -0.05) is 41.2 Å². The molecular weight excluding hydrogens is 563 g/mol. The number of sulfonamides is 1. The van der Waals surface area contributed by atoms with Crippen LogP contribution in [0.15, 0.2) is 47.4 Å². The van der Waals surface area contributed by atoms with Crippen molar-refractivity contribution < 1.29 is 16.8 Å². The minimum atomic E-state index is -3.93. The molecule has 0 saturated carbocycles. The van der Waals surface area contributed by atoms with Crippen molar-refractivity contribution >= 4 is 60.4 Å². The summed E-state index contributed by atoms with van der Waals surface area (Å²) >= 11 is 18.6.